The topological polar surface area (TPSA) is 29.3 Å². The maximum atomic E-state index is 12.5. The molecule has 0 spiro atoms. The Morgan fingerprint density at radius 3 is 2.00 bits per heavy atom. The van der Waals surface area contributed by atoms with Crippen LogP contribution in [0.1, 0.15) is 33.3 Å². The molecule has 1 aromatic carbocycles. The fourth-order valence-electron chi connectivity index (χ4n) is 2.57. The van der Waals surface area contributed by atoms with Crippen LogP contribution in [0.4, 0.5) is 0 Å². The van der Waals surface area contributed by atoms with Crippen LogP contribution in [0.2, 0.25) is 0 Å². The van der Waals surface area contributed by atoms with E-state index in [4.69, 9.17) is 0 Å². The molecule has 0 atom stereocenters. The Labute approximate surface area is 103 Å². The Hall–Kier alpha value is -1.35. The smallest absolute Gasteiger partial charge is 0.224 e. The lowest BCUT2D eigenvalue weighted by molar-refractivity contribution is -0.556. The van der Waals surface area contributed by atoms with Crippen LogP contribution in [0.25, 0.3) is 0 Å². The third-order valence-electron chi connectivity index (χ3n) is 3.99. The molecule has 3 heteroatoms. The normalized spacial score (nSPS) is 23.1. The van der Waals surface area contributed by atoms with Gasteiger partial charge in [-0.25, -0.2) is 4.90 Å². The van der Waals surface area contributed by atoms with Gasteiger partial charge in [0.2, 0.25) is 11.4 Å². The lowest BCUT2D eigenvalue weighted by Crippen LogP contribution is -2.50. The van der Waals surface area contributed by atoms with Gasteiger partial charge in [-0.15, -0.1) is 0 Å². The van der Waals surface area contributed by atoms with Crippen LogP contribution in [0.15, 0.2) is 30.3 Å². The maximum absolute atomic E-state index is 12.5. The molecule has 17 heavy (non-hydrogen) atoms. The standard InChI is InChI=1S/C14H20N2O/c1-13(2)12(11-9-7-6-8-10-11)16(17)14(3,4)15(13)5/h6-10H,1-5H3. The van der Waals surface area contributed by atoms with E-state index < -0.39 is 5.66 Å². The van der Waals surface area contributed by atoms with Crippen molar-refractivity contribution in [1.29, 1.82) is 0 Å². The second-order valence-electron chi connectivity index (χ2n) is 5.62. The molecule has 1 aromatic rings. The van der Waals surface area contributed by atoms with E-state index in [0.717, 1.165) is 16.0 Å². The van der Waals surface area contributed by atoms with E-state index in [1.54, 1.807) is 0 Å². The van der Waals surface area contributed by atoms with Gasteiger partial charge in [0.1, 0.15) is 5.54 Å². The van der Waals surface area contributed by atoms with Crippen molar-refractivity contribution in [1.82, 2.24) is 4.90 Å². The number of benzene rings is 1. The van der Waals surface area contributed by atoms with Gasteiger partial charge in [-0.2, -0.15) is 4.74 Å². The first-order chi connectivity index (χ1) is 7.79. The summed E-state index contributed by atoms with van der Waals surface area (Å²) in [5.41, 5.74) is 1.08. The van der Waals surface area contributed by atoms with E-state index in [-0.39, 0.29) is 5.54 Å². The molecule has 0 saturated carbocycles. The van der Waals surface area contributed by atoms with Gasteiger partial charge in [-0.1, -0.05) is 18.2 Å². The lowest BCUT2D eigenvalue weighted by Gasteiger charge is -2.32. The summed E-state index contributed by atoms with van der Waals surface area (Å²) in [5, 5.41) is 12.5. The summed E-state index contributed by atoms with van der Waals surface area (Å²) in [4.78, 5) is 2.12. The highest BCUT2D eigenvalue weighted by Gasteiger charge is 2.54. The van der Waals surface area contributed by atoms with Crippen LogP contribution in [0.5, 0.6) is 0 Å². The first kappa shape index (κ1) is 12.1. The van der Waals surface area contributed by atoms with Crippen molar-refractivity contribution < 1.29 is 4.74 Å². The summed E-state index contributed by atoms with van der Waals surface area (Å²) in [6.07, 6.45) is 0. The number of hydrogen-bond donors (Lipinski definition) is 0. The maximum Gasteiger partial charge on any atom is 0.224 e. The third-order valence-corrected chi connectivity index (χ3v) is 3.99. The molecular formula is C14H20N2O. The van der Waals surface area contributed by atoms with Crippen LogP contribution in [-0.4, -0.2) is 33.6 Å². The highest BCUT2D eigenvalue weighted by molar-refractivity contribution is 6.04. The van der Waals surface area contributed by atoms with Crippen LogP contribution in [0, 0.1) is 5.21 Å². The summed E-state index contributed by atoms with van der Waals surface area (Å²) in [7, 11) is 2.00. The molecule has 0 unspecified atom stereocenters. The first-order valence-corrected chi connectivity index (χ1v) is 5.93. The van der Waals surface area contributed by atoms with Crippen LogP contribution < -0.4 is 0 Å². The van der Waals surface area contributed by atoms with Crippen molar-refractivity contribution in [3.8, 4) is 0 Å². The molecule has 92 valence electrons. The Kier molecular flexibility index (Phi) is 2.54. The van der Waals surface area contributed by atoms with Gasteiger partial charge in [0, 0.05) is 19.4 Å². The molecule has 0 N–H and O–H groups in total. The number of hydrogen-bond acceptors (Lipinski definition) is 2. The van der Waals surface area contributed by atoms with Gasteiger partial charge in [0.05, 0.1) is 0 Å². The fraction of sp³-hybridized carbons (Fsp3) is 0.500. The van der Waals surface area contributed by atoms with Crippen LogP contribution in [-0.2, 0) is 0 Å². The van der Waals surface area contributed by atoms with Gasteiger partial charge in [0.25, 0.3) is 0 Å². The Balaban J connectivity index is 2.63. The van der Waals surface area contributed by atoms with E-state index in [0.29, 0.717) is 0 Å². The minimum absolute atomic E-state index is 0.257. The zero-order chi connectivity index (χ0) is 12.8. The molecule has 2 rings (SSSR count). The molecule has 0 saturated heterocycles. The molecule has 1 aliphatic rings. The zero-order valence-electron chi connectivity index (χ0n) is 11.2. The van der Waals surface area contributed by atoms with Gasteiger partial charge in [-0.05, 0) is 33.0 Å². The van der Waals surface area contributed by atoms with E-state index in [1.165, 1.54) is 0 Å². The van der Waals surface area contributed by atoms with Gasteiger partial charge in [0.15, 0.2) is 0 Å². The van der Waals surface area contributed by atoms with Gasteiger partial charge < -0.3 is 5.21 Å². The zero-order valence-corrected chi connectivity index (χ0v) is 11.2. The van der Waals surface area contributed by atoms with E-state index >= 15 is 0 Å². The second kappa shape index (κ2) is 3.57. The molecule has 0 aromatic heterocycles. The van der Waals surface area contributed by atoms with Crippen molar-refractivity contribution in [3.63, 3.8) is 0 Å². The molecule has 1 aliphatic heterocycles. The summed E-state index contributed by atoms with van der Waals surface area (Å²) < 4.78 is 1.14. The highest BCUT2D eigenvalue weighted by Crippen LogP contribution is 2.34. The lowest BCUT2D eigenvalue weighted by atomic mass is 9.92. The number of rotatable bonds is 1. The molecule has 0 bridgehead atoms. The molecular weight excluding hydrogens is 212 g/mol. The second-order valence-corrected chi connectivity index (χ2v) is 5.62. The number of likely N-dealkylation sites (N-methyl/N-ethyl adjacent to an activating group) is 1. The van der Waals surface area contributed by atoms with Crippen LogP contribution >= 0.6 is 0 Å². The Bertz CT molecular complexity index is 460. The largest absolute Gasteiger partial charge is 0.622 e. The van der Waals surface area contributed by atoms with Gasteiger partial charge >= 0.3 is 0 Å². The van der Waals surface area contributed by atoms with Crippen LogP contribution in [0.3, 0.4) is 0 Å². The molecule has 0 fully saturated rings. The molecule has 1 heterocycles. The monoisotopic (exact) mass is 232 g/mol. The molecule has 0 radical (unpaired) electrons. The minimum Gasteiger partial charge on any atom is -0.622 e. The summed E-state index contributed by atoms with van der Waals surface area (Å²) in [5.74, 6) is 0. The van der Waals surface area contributed by atoms with E-state index in [2.05, 4.69) is 18.7 Å². The van der Waals surface area contributed by atoms with Crippen molar-refractivity contribution in [2.75, 3.05) is 7.05 Å². The Morgan fingerprint density at radius 1 is 1.06 bits per heavy atom. The SMILES string of the molecule is CN1C(C)(C)C(c2ccccc2)=[N+]([O-])C1(C)C. The molecule has 3 nitrogen and oxygen atoms in total. The van der Waals surface area contributed by atoms with E-state index in [9.17, 15) is 5.21 Å². The number of nitrogens with zero attached hydrogens (tertiary/aromatic N) is 2. The predicted octanol–water partition coefficient (Wildman–Crippen LogP) is 2.45. The number of hydroxylamine groups is 1. The third kappa shape index (κ3) is 1.57. The average Bonchev–Trinajstić information content (AvgIpc) is 2.39. The first-order valence-electron chi connectivity index (χ1n) is 5.93. The average molecular weight is 232 g/mol. The summed E-state index contributed by atoms with van der Waals surface area (Å²) in [6, 6.07) is 9.90. The van der Waals surface area contributed by atoms with Crippen molar-refractivity contribution >= 4 is 5.71 Å². The fourth-order valence-corrected chi connectivity index (χ4v) is 2.57. The minimum atomic E-state index is -0.505. The summed E-state index contributed by atoms with van der Waals surface area (Å²) >= 11 is 0. The van der Waals surface area contributed by atoms with Gasteiger partial charge in [-0.3, -0.25) is 0 Å². The van der Waals surface area contributed by atoms with Crippen molar-refractivity contribution in [3.05, 3.63) is 41.1 Å². The van der Waals surface area contributed by atoms with E-state index in [1.807, 2.05) is 51.2 Å². The predicted molar refractivity (Wildman–Crippen MR) is 70.1 cm³/mol. The molecule has 0 aliphatic carbocycles. The quantitative estimate of drug-likeness (QED) is 0.550. The summed E-state index contributed by atoms with van der Waals surface area (Å²) in [6.45, 7) is 8.10. The highest BCUT2D eigenvalue weighted by atomic mass is 16.5. The Morgan fingerprint density at radius 2 is 1.59 bits per heavy atom. The van der Waals surface area contributed by atoms with Crippen molar-refractivity contribution in [2.45, 2.75) is 38.9 Å². The van der Waals surface area contributed by atoms with Crippen molar-refractivity contribution in [2.24, 2.45) is 0 Å². The molecule has 0 amide bonds.